The van der Waals surface area contributed by atoms with Gasteiger partial charge in [-0.3, -0.25) is 19.7 Å². The summed E-state index contributed by atoms with van der Waals surface area (Å²) in [6, 6.07) is 14.7. The van der Waals surface area contributed by atoms with Gasteiger partial charge >= 0.3 is 5.97 Å². The Morgan fingerprint density at radius 2 is 1.80 bits per heavy atom. The fraction of sp³-hybridized carbons (Fsp3) is 0.410. The molecular weight excluding hydrogens is 727 g/mol. The summed E-state index contributed by atoms with van der Waals surface area (Å²) in [7, 11) is 0. The molecule has 3 atom stereocenters. The molecule has 1 aliphatic carbocycles. The number of piperazine rings is 1. The summed E-state index contributed by atoms with van der Waals surface area (Å²) in [6.45, 7) is 0.742. The average molecular weight is 767 g/mol. The van der Waals surface area contributed by atoms with Crippen LogP contribution in [-0.4, -0.2) is 70.0 Å². The first-order valence-electron chi connectivity index (χ1n) is 17.2. The molecule has 2 bridgehead atoms. The van der Waals surface area contributed by atoms with Crippen molar-refractivity contribution < 1.29 is 37.4 Å². The second kappa shape index (κ2) is 15.9. The van der Waals surface area contributed by atoms with Gasteiger partial charge in [0.1, 0.15) is 17.1 Å². The van der Waals surface area contributed by atoms with E-state index in [1.165, 1.54) is 24.3 Å². The van der Waals surface area contributed by atoms with Crippen LogP contribution in [0.3, 0.4) is 0 Å². The van der Waals surface area contributed by atoms with Crippen molar-refractivity contribution in [2.45, 2.75) is 81.5 Å². The Bertz CT molecular complexity index is 1840. The molecule has 8 nitrogen and oxygen atoms in total. The molecule has 51 heavy (non-hydrogen) atoms. The van der Waals surface area contributed by atoms with Crippen molar-refractivity contribution in [2.24, 2.45) is 0 Å². The molecule has 0 aromatic heterocycles. The number of hydrogen-bond donors (Lipinski definition) is 2. The Morgan fingerprint density at radius 3 is 2.55 bits per heavy atom. The van der Waals surface area contributed by atoms with E-state index in [2.05, 4.69) is 33.1 Å². The van der Waals surface area contributed by atoms with Crippen molar-refractivity contribution in [3.63, 3.8) is 0 Å². The highest BCUT2D eigenvalue weighted by Gasteiger charge is 2.57. The highest BCUT2D eigenvalue weighted by molar-refractivity contribution is 9.10. The van der Waals surface area contributed by atoms with Gasteiger partial charge in [-0.2, -0.15) is 0 Å². The first-order valence-corrected chi connectivity index (χ1v) is 18.0. The summed E-state index contributed by atoms with van der Waals surface area (Å²) in [6.07, 6.45) is 3.11. The fourth-order valence-corrected chi connectivity index (χ4v) is 7.39. The highest BCUT2D eigenvalue weighted by atomic mass is 79.9. The summed E-state index contributed by atoms with van der Waals surface area (Å²) < 4.78 is 48.7. The van der Waals surface area contributed by atoms with Gasteiger partial charge in [-0.15, -0.1) is 0 Å². The van der Waals surface area contributed by atoms with Gasteiger partial charge in [0, 0.05) is 44.5 Å². The quantitative estimate of drug-likeness (QED) is 0.138. The molecule has 2 heterocycles. The fourth-order valence-electron chi connectivity index (χ4n) is 7.03. The van der Waals surface area contributed by atoms with Crippen LogP contribution in [0.2, 0.25) is 0 Å². The van der Waals surface area contributed by atoms with Crippen molar-refractivity contribution >= 4 is 33.7 Å². The van der Waals surface area contributed by atoms with Crippen LogP contribution >= 0.6 is 15.9 Å². The van der Waals surface area contributed by atoms with E-state index in [-0.39, 0.29) is 74.4 Å². The van der Waals surface area contributed by atoms with Crippen LogP contribution in [0.1, 0.15) is 67.7 Å². The molecule has 3 aliphatic rings. The molecule has 2 N–H and O–H groups in total. The van der Waals surface area contributed by atoms with E-state index in [0.717, 1.165) is 30.0 Å². The number of benzene rings is 3. The van der Waals surface area contributed by atoms with Crippen molar-refractivity contribution in [3.05, 3.63) is 99.3 Å². The van der Waals surface area contributed by atoms with Gasteiger partial charge < -0.3 is 19.6 Å². The predicted molar refractivity (Wildman–Crippen MR) is 187 cm³/mol. The topological polar surface area (TPSA) is 99.2 Å². The molecule has 268 valence electrons. The molecule has 0 radical (unpaired) electrons. The number of nitrogens with zero attached hydrogens (tertiary/aromatic N) is 2. The molecule has 1 saturated heterocycles. The summed E-state index contributed by atoms with van der Waals surface area (Å²) >= 11 is 3.37. The smallest absolute Gasteiger partial charge is 0.303 e. The first kappa shape index (κ1) is 36.5. The molecule has 12 heteroatoms. The number of carbonyl (C=O) groups is 3. The third-order valence-corrected chi connectivity index (χ3v) is 10.3. The maximum absolute atomic E-state index is 14.9. The molecule has 2 amide bonds. The Balaban J connectivity index is 1.26. The zero-order valence-electron chi connectivity index (χ0n) is 28.0. The number of amides is 2. The SMILES string of the molecule is O=C(O)CCCC(=O)N1C[C@@H]2C#CC[C@@](C(=O)N(CCc3cccc(F)c3F)C3CC3)(N2)C1c1ccc(CCCOc2cc(F)ccc2Br)cc1. The van der Waals surface area contributed by atoms with Crippen molar-refractivity contribution in [3.8, 4) is 17.6 Å². The molecule has 0 spiro atoms. The summed E-state index contributed by atoms with van der Waals surface area (Å²) in [5, 5.41) is 12.7. The summed E-state index contributed by atoms with van der Waals surface area (Å²) in [5.41, 5.74) is 0.579. The maximum Gasteiger partial charge on any atom is 0.303 e. The van der Waals surface area contributed by atoms with E-state index >= 15 is 0 Å². The van der Waals surface area contributed by atoms with Crippen LogP contribution < -0.4 is 10.1 Å². The third-order valence-electron chi connectivity index (χ3n) is 9.67. The zero-order valence-corrected chi connectivity index (χ0v) is 29.6. The third kappa shape index (κ3) is 8.42. The number of aryl methyl sites for hydroxylation is 1. The molecule has 2 fully saturated rings. The Morgan fingerprint density at radius 1 is 1.02 bits per heavy atom. The lowest BCUT2D eigenvalue weighted by molar-refractivity contribution is -0.151. The number of fused-ring (bicyclic) bond motifs is 2. The highest BCUT2D eigenvalue weighted by Crippen LogP contribution is 2.43. The van der Waals surface area contributed by atoms with Crippen LogP contribution in [0.25, 0.3) is 0 Å². The van der Waals surface area contributed by atoms with E-state index in [9.17, 15) is 32.7 Å². The van der Waals surface area contributed by atoms with Gasteiger partial charge in [0.05, 0.1) is 23.2 Å². The number of aliphatic carboxylic acids is 1. The van der Waals surface area contributed by atoms with E-state index in [1.807, 2.05) is 24.3 Å². The number of carboxylic acids is 1. The van der Waals surface area contributed by atoms with E-state index in [1.54, 1.807) is 15.9 Å². The normalized spacial score (nSPS) is 20.7. The number of halogens is 4. The summed E-state index contributed by atoms with van der Waals surface area (Å²) in [5.74, 6) is 2.96. The second-order valence-electron chi connectivity index (χ2n) is 13.3. The van der Waals surface area contributed by atoms with Gasteiger partial charge in [-0.25, -0.2) is 13.2 Å². The van der Waals surface area contributed by atoms with E-state index in [4.69, 9.17) is 4.74 Å². The lowest BCUT2D eigenvalue weighted by Gasteiger charge is -2.53. The number of carboxylic acid groups (broad SMARTS) is 1. The van der Waals surface area contributed by atoms with Gasteiger partial charge in [-0.1, -0.05) is 48.2 Å². The summed E-state index contributed by atoms with van der Waals surface area (Å²) in [4.78, 5) is 43.4. The monoisotopic (exact) mass is 765 g/mol. The number of ether oxygens (including phenoxy) is 1. The minimum atomic E-state index is -1.33. The van der Waals surface area contributed by atoms with Crippen LogP contribution in [0.15, 0.2) is 65.1 Å². The van der Waals surface area contributed by atoms with Crippen LogP contribution in [0.5, 0.6) is 5.75 Å². The minimum absolute atomic E-state index is 0.00207. The molecule has 3 aromatic rings. The van der Waals surface area contributed by atoms with Crippen LogP contribution in [0.4, 0.5) is 13.2 Å². The Kier molecular flexibility index (Phi) is 11.4. The lowest BCUT2D eigenvalue weighted by Crippen LogP contribution is -2.73. The Hall–Kier alpha value is -4.34. The van der Waals surface area contributed by atoms with Gasteiger partial charge in [0.15, 0.2) is 11.6 Å². The van der Waals surface area contributed by atoms with E-state index < -0.39 is 35.2 Å². The van der Waals surface area contributed by atoms with Crippen LogP contribution in [0, 0.1) is 29.3 Å². The average Bonchev–Trinajstić information content (AvgIpc) is 3.95. The maximum atomic E-state index is 14.9. The first-order chi connectivity index (χ1) is 24.6. The molecule has 1 saturated carbocycles. The molecule has 6 rings (SSSR count). The second-order valence-corrected chi connectivity index (χ2v) is 14.2. The minimum Gasteiger partial charge on any atom is -0.492 e. The number of nitrogens with one attached hydrogen (secondary N) is 1. The molecule has 2 aliphatic heterocycles. The molecular formula is C39H39BrF3N3O5. The van der Waals surface area contributed by atoms with E-state index in [0.29, 0.717) is 29.7 Å². The van der Waals surface area contributed by atoms with Crippen molar-refractivity contribution in [2.75, 3.05) is 19.7 Å². The largest absolute Gasteiger partial charge is 0.492 e. The number of hydrogen-bond acceptors (Lipinski definition) is 5. The predicted octanol–water partition coefficient (Wildman–Crippen LogP) is 6.35. The molecule has 1 unspecified atom stereocenters. The lowest BCUT2D eigenvalue weighted by atomic mass is 9.75. The van der Waals surface area contributed by atoms with Gasteiger partial charge in [0.2, 0.25) is 11.8 Å². The number of rotatable bonds is 15. The Labute approximate surface area is 303 Å². The number of carbonyl (C=O) groups excluding carboxylic acids is 2. The standard InChI is InChI=1S/C39H39BrF3N3O5/c40-31-18-15-28(41)23-33(31)51-22-4-5-25-11-13-27(14-12-25)37-39(20-3-7-29(44-39)24-46(37)34(47)9-2-10-35(48)49)38(50)45(30-16-17-30)21-19-26-6-1-8-32(42)36(26)43/h1,6,8,11-15,18,23,29-30,37,44H,2,4-5,9-10,16-17,19-22,24H2,(H,48,49)/t29-,37?,39+/m0/s1. The van der Waals surface area contributed by atoms with Crippen LogP contribution in [-0.2, 0) is 27.2 Å². The van der Waals surface area contributed by atoms with Crippen molar-refractivity contribution in [1.29, 1.82) is 0 Å². The van der Waals surface area contributed by atoms with Crippen molar-refractivity contribution in [1.82, 2.24) is 15.1 Å². The molecule has 3 aromatic carbocycles. The van der Waals surface area contributed by atoms with Gasteiger partial charge in [0.25, 0.3) is 0 Å². The zero-order chi connectivity index (χ0) is 36.1. The van der Waals surface area contributed by atoms with Gasteiger partial charge in [-0.05, 0) is 89.3 Å².